The molecule has 30 heteroatoms. The van der Waals surface area contributed by atoms with E-state index in [-0.39, 0.29) is 41.6 Å². The molecule has 0 radical (unpaired) electrons. The number of anilines is 1. The fourth-order valence-corrected chi connectivity index (χ4v) is 9.52. The van der Waals surface area contributed by atoms with E-state index in [1.807, 2.05) is 0 Å². The summed E-state index contributed by atoms with van der Waals surface area (Å²) in [6.45, 7) is 0.458. The molecule has 1 aliphatic rings. The fourth-order valence-electron chi connectivity index (χ4n) is 5.97. The smallest absolute Gasteiger partial charge is 0.478 e. The number of unbranched alkanes of at least 4 members (excludes halogenated alkanes) is 7. The van der Waals surface area contributed by atoms with Gasteiger partial charge in [-0.25, -0.2) is 33.4 Å². The van der Waals surface area contributed by atoms with Crippen LogP contribution in [0.3, 0.4) is 0 Å². The van der Waals surface area contributed by atoms with E-state index >= 15 is 0 Å². The van der Waals surface area contributed by atoms with Crippen LogP contribution in [0.5, 0.6) is 0 Å². The number of carbonyl (C=O) groups is 4. The topological polar surface area (TPSA) is 401 Å². The van der Waals surface area contributed by atoms with Crippen LogP contribution in [0, 0.1) is 5.41 Å². The molecule has 7 atom stereocenters. The molecule has 3 heterocycles. The van der Waals surface area contributed by atoms with Crippen molar-refractivity contribution >= 4 is 75.1 Å². The van der Waals surface area contributed by atoms with Crippen molar-refractivity contribution in [3.8, 4) is 0 Å². The summed E-state index contributed by atoms with van der Waals surface area (Å²) in [5.41, 5.74) is 4.25. The number of nitrogens with two attached hydrogens (primary N) is 1. The number of aliphatic hydroxyl groups excluding tert-OH is 2. The number of hydrogen-bond acceptors (Lipinski definition) is 19. The van der Waals surface area contributed by atoms with Crippen LogP contribution >= 0.6 is 35.2 Å². The molecule has 2 amide bonds. The number of aliphatic carboxylic acids is 1. The molecule has 0 aromatic carbocycles. The molecule has 2 aromatic rings. The second-order valence-corrected chi connectivity index (χ2v) is 20.4. The molecule has 0 spiro atoms. The van der Waals surface area contributed by atoms with Crippen LogP contribution in [0.4, 0.5) is 5.82 Å². The Balaban J connectivity index is 1.35. The maximum absolute atomic E-state index is 12.7. The molecule has 7 unspecified atom stereocenters. The van der Waals surface area contributed by atoms with Gasteiger partial charge in [0.1, 0.15) is 36.3 Å². The summed E-state index contributed by atoms with van der Waals surface area (Å²) in [6.07, 6.45) is 3.71. The molecule has 1 saturated heterocycles. The molecule has 0 aliphatic carbocycles. The highest BCUT2D eigenvalue weighted by Crippen LogP contribution is 2.61. The van der Waals surface area contributed by atoms with Gasteiger partial charge in [-0.1, -0.05) is 63.8 Å². The third-order valence-electron chi connectivity index (χ3n) is 9.28. The Bertz CT molecular complexity index is 2060. The molecular formula is C34H56N7O19P3S. The van der Waals surface area contributed by atoms with Gasteiger partial charge in [0.15, 0.2) is 22.8 Å². The quantitative estimate of drug-likeness (QED) is 0.0303. The molecule has 11 N–H and O–H groups in total. The van der Waals surface area contributed by atoms with Crippen LogP contribution < -0.4 is 16.4 Å². The van der Waals surface area contributed by atoms with E-state index in [4.69, 9.17) is 24.6 Å². The molecule has 3 rings (SSSR count). The zero-order valence-electron chi connectivity index (χ0n) is 34.9. The van der Waals surface area contributed by atoms with Gasteiger partial charge < -0.3 is 56.0 Å². The second-order valence-electron chi connectivity index (χ2n) is 15.0. The second kappa shape index (κ2) is 25.6. The van der Waals surface area contributed by atoms with E-state index in [2.05, 4.69) is 34.4 Å². The Labute approximate surface area is 371 Å². The van der Waals surface area contributed by atoms with Gasteiger partial charge in [-0.3, -0.25) is 32.5 Å². The van der Waals surface area contributed by atoms with Crippen molar-refractivity contribution in [1.29, 1.82) is 0 Å². The number of amides is 2. The Morgan fingerprint density at radius 1 is 0.953 bits per heavy atom. The molecule has 2 aromatic heterocycles. The number of fused-ring (bicyclic) bond motifs is 1. The van der Waals surface area contributed by atoms with Crippen molar-refractivity contribution in [1.82, 2.24) is 30.2 Å². The standard InChI is InChI=1S/C34H56N7O19P3S/c1-34(2,29(47)32(48)37-15-14-23(42)36-16-17-64-25(45)13-11-9-7-5-3-4-6-8-10-12-24(43)44)19-57-63(54,55)60-62(52,53)56-18-22-28(59-61(49,50)51)27(46)33(58-22)41-21-40-26-30(35)38-20-39-31(26)41/h10,12,20-22,27-29,33,46-47H,3-9,11,13-19H2,1-2H3,(H,36,42)(H,37,48)(H,43,44)(H,52,53)(H,54,55)(H2,35,38,39)(H2,49,50,51)/b12-10+. The van der Waals surface area contributed by atoms with Crippen LogP contribution in [0.25, 0.3) is 11.2 Å². The number of thioether (sulfide) groups is 1. The number of carboxylic acids is 1. The maximum Gasteiger partial charge on any atom is 0.481 e. The fraction of sp³-hybridized carbons (Fsp3) is 0.676. The Hall–Kier alpha value is -3.23. The number of nitrogens with zero attached hydrogens (tertiary/aromatic N) is 4. The van der Waals surface area contributed by atoms with Gasteiger partial charge in [0.25, 0.3) is 0 Å². The lowest BCUT2D eigenvalue weighted by Crippen LogP contribution is -2.46. The van der Waals surface area contributed by atoms with Crippen molar-refractivity contribution in [2.75, 3.05) is 37.8 Å². The summed E-state index contributed by atoms with van der Waals surface area (Å²) in [7, 11) is -16.4. The molecule has 0 saturated carbocycles. The predicted octanol–water partition coefficient (Wildman–Crippen LogP) is 1.82. The molecule has 1 fully saturated rings. The van der Waals surface area contributed by atoms with Gasteiger partial charge >= 0.3 is 29.4 Å². The highest BCUT2D eigenvalue weighted by Gasteiger charge is 2.50. The molecule has 26 nitrogen and oxygen atoms in total. The summed E-state index contributed by atoms with van der Waals surface area (Å²) < 4.78 is 62.3. The van der Waals surface area contributed by atoms with Gasteiger partial charge in [-0.15, -0.1) is 0 Å². The first-order valence-electron chi connectivity index (χ1n) is 19.9. The van der Waals surface area contributed by atoms with Crippen molar-refractivity contribution in [2.45, 2.75) is 109 Å². The van der Waals surface area contributed by atoms with Crippen molar-refractivity contribution in [3.63, 3.8) is 0 Å². The van der Waals surface area contributed by atoms with E-state index in [1.54, 1.807) is 6.08 Å². The van der Waals surface area contributed by atoms with Gasteiger partial charge in [0.05, 0.1) is 19.5 Å². The average Bonchev–Trinajstić information content (AvgIpc) is 3.76. The number of rotatable bonds is 30. The van der Waals surface area contributed by atoms with Gasteiger partial charge in [0.2, 0.25) is 11.8 Å². The van der Waals surface area contributed by atoms with E-state index in [1.165, 1.54) is 13.8 Å². The van der Waals surface area contributed by atoms with Gasteiger partial charge in [-0.05, 0) is 19.3 Å². The van der Waals surface area contributed by atoms with E-state index in [0.717, 1.165) is 86.4 Å². The lowest BCUT2D eigenvalue weighted by atomic mass is 9.87. The number of phosphoric ester groups is 3. The number of carboxylic acid groups (broad SMARTS) is 1. The van der Waals surface area contributed by atoms with Crippen LogP contribution in [0.15, 0.2) is 24.8 Å². The minimum absolute atomic E-state index is 0.0106. The van der Waals surface area contributed by atoms with E-state index in [0.29, 0.717) is 12.2 Å². The number of aliphatic hydroxyl groups is 2. The third kappa shape index (κ3) is 19.3. The number of nitrogens with one attached hydrogen (secondary N) is 2. The van der Waals surface area contributed by atoms with Gasteiger partial charge in [-0.2, -0.15) is 4.31 Å². The predicted molar refractivity (Wildman–Crippen MR) is 225 cm³/mol. The van der Waals surface area contributed by atoms with Crippen LogP contribution in [0.1, 0.15) is 84.3 Å². The minimum Gasteiger partial charge on any atom is -0.478 e. The van der Waals surface area contributed by atoms with Crippen LogP contribution in [0.2, 0.25) is 0 Å². The summed E-state index contributed by atoms with van der Waals surface area (Å²) in [4.78, 5) is 98.5. The lowest BCUT2D eigenvalue weighted by Gasteiger charge is -2.30. The maximum atomic E-state index is 12.7. The molecule has 0 bridgehead atoms. The Morgan fingerprint density at radius 2 is 1.61 bits per heavy atom. The number of phosphoric acid groups is 3. The summed E-state index contributed by atoms with van der Waals surface area (Å²) in [6, 6.07) is 0. The largest absolute Gasteiger partial charge is 0.481 e. The minimum atomic E-state index is -5.58. The summed E-state index contributed by atoms with van der Waals surface area (Å²) >= 11 is 1.10. The van der Waals surface area contributed by atoms with E-state index in [9.17, 15) is 62.7 Å². The van der Waals surface area contributed by atoms with Gasteiger partial charge in [0, 0.05) is 43.2 Å². The molecule has 362 valence electrons. The number of carbonyl (C=O) groups excluding carboxylic acids is 3. The van der Waals surface area contributed by atoms with Crippen LogP contribution in [-0.2, 0) is 55.5 Å². The molecule has 1 aliphatic heterocycles. The molecular weight excluding hydrogens is 935 g/mol. The Kier molecular flexibility index (Phi) is 22.1. The average molecular weight is 992 g/mol. The van der Waals surface area contributed by atoms with Crippen molar-refractivity contribution < 1.29 is 90.4 Å². The summed E-state index contributed by atoms with van der Waals surface area (Å²) in [5, 5.41) is 35.1. The number of allylic oxidation sites excluding steroid dienone is 1. The highest BCUT2D eigenvalue weighted by molar-refractivity contribution is 8.13. The number of ether oxygens (including phenoxy) is 1. The Morgan fingerprint density at radius 3 is 2.28 bits per heavy atom. The number of aromatic nitrogens is 4. The number of nitrogen functional groups attached to an aromatic ring is 1. The lowest BCUT2D eigenvalue weighted by molar-refractivity contribution is -0.137. The third-order valence-corrected chi connectivity index (χ3v) is 13.3. The highest BCUT2D eigenvalue weighted by atomic mass is 32.2. The number of hydrogen-bond donors (Lipinski definition) is 10. The number of imidazole rings is 1. The SMILES string of the molecule is CC(C)(COP(=O)(O)OP(=O)(O)OCC1OC(n2cnc3c(N)ncnc32)C(O)C1OP(=O)(O)O)C(O)C(=O)NCCC(=O)NCCSC(=O)CCCCCCCCC/C=C/C(=O)O. The monoisotopic (exact) mass is 991 g/mol. The zero-order valence-corrected chi connectivity index (χ0v) is 38.4. The molecule has 64 heavy (non-hydrogen) atoms. The van der Waals surface area contributed by atoms with Crippen molar-refractivity contribution in [2.24, 2.45) is 5.41 Å². The normalized spacial score (nSPS) is 20.5. The summed E-state index contributed by atoms with van der Waals surface area (Å²) in [5.74, 6) is -2.07. The van der Waals surface area contributed by atoms with E-state index < -0.39 is 90.5 Å². The first-order chi connectivity index (χ1) is 29.9. The first kappa shape index (κ1) is 55.1. The van der Waals surface area contributed by atoms with Crippen molar-refractivity contribution in [3.05, 3.63) is 24.8 Å². The van der Waals surface area contributed by atoms with Crippen LogP contribution in [-0.4, -0.2) is 134 Å². The zero-order chi connectivity index (χ0) is 47.7. The first-order valence-corrected chi connectivity index (χ1v) is 25.4.